The number of carbonyl (C=O) groups is 1. The molecule has 0 unspecified atom stereocenters. The molecule has 5 heteroatoms. The molecule has 1 aromatic rings. The predicted molar refractivity (Wildman–Crippen MR) is 68.8 cm³/mol. The quantitative estimate of drug-likeness (QED) is 0.929. The minimum absolute atomic E-state index is 0.237. The Bertz CT molecular complexity index is 435. The summed E-state index contributed by atoms with van der Waals surface area (Å²) in [6.45, 7) is 3.46. The summed E-state index contributed by atoms with van der Waals surface area (Å²) in [5, 5.41) is 9.02. The molecule has 1 aromatic carbocycles. The summed E-state index contributed by atoms with van der Waals surface area (Å²) in [4.78, 5) is 12.6. The number of anilines is 1. The maximum absolute atomic E-state index is 13.7. The third-order valence-electron chi connectivity index (χ3n) is 2.53. The van der Waals surface area contributed by atoms with Crippen LogP contribution < -0.4 is 4.90 Å². The van der Waals surface area contributed by atoms with E-state index in [0.29, 0.717) is 10.2 Å². The largest absolute Gasteiger partial charge is 0.481 e. The fraction of sp³-hybridized carbons (Fsp3) is 0.417. The third-order valence-corrected chi connectivity index (χ3v) is 3.03. The van der Waals surface area contributed by atoms with Crippen LogP contribution in [0, 0.1) is 11.2 Å². The molecule has 0 aliphatic carbocycles. The van der Waals surface area contributed by atoms with E-state index in [1.807, 2.05) is 0 Å². The second kappa shape index (κ2) is 5.04. The van der Waals surface area contributed by atoms with Gasteiger partial charge in [0, 0.05) is 18.1 Å². The van der Waals surface area contributed by atoms with Gasteiger partial charge in [-0.15, -0.1) is 0 Å². The van der Waals surface area contributed by atoms with Crippen molar-refractivity contribution in [2.75, 3.05) is 18.5 Å². The smallest absolute Gasteiger partial charge is 0.310 e. The summed E-state index contributed by atoms with van der Waals surface area (Å²) in [7, 11) is 1.68. The zero-order chi connectivity index (χ0) is 13.2. The van der Waals surface area contributed by atoms with Gasteiger partial charge in [0.1, 0.15) is 5.82 Å². The molecule has 0 fully saturated rings. The Kier molecular flexibility index (Phi) is 4.14. The normalized spacial score (nSPS) is 11.4. The lowest BCUT2D eigenvalue weighted by Gasteiger charge is -2.28. The SMILES string of the molecule is CN(CC(C)(C)C(=O)O)c1ccc(Br)cc1F. The van der Waals surface area contributed by atoms with Crippen molar-refractivity contribution in [3.05, 3.63) is 28.5 Å². The number of hydrogen-bond donors (Lipinski definition) is 1. The summed E-state index contributed by atoms with van der Waals surface area (Å²) in [6, 6.07) is 4.71. The number of aliphatic carboxylic acids is 1. The fourth-order valence-corrected chi connectivity index (χ4v) is 1.87. The van der Waals surface area contributed by atoms with Crippen LogP contribution >= 0.6 is 15.9 Å². The average Bonchev–Trinajstić information content (AvgIpc) is 2.15. The first kappa shape index (κ1) is 14.0. The zero-order valence-corrected chi connectivity index (χ0v) is 11.6. The van der Waals surface area contributed by atoms with E-state index in [1.54, 1.807) is 37.9 Å². The molecule has 1 N–H and O–H groups in total. The molecule has 0 saturated carbocycles. The Balaban J connectivity index is 2.90. The van der Waals surface area contributed by atoms with Crippen LogP contribution in [0.2, 0.25) is 0 Å². The highest BCUT2D eigenvalue weighted by Gasteiger charge is 2.29. The maximum atomic E-state index is 13.7. The molecule has 1 rings (SSSR count). The van der Waals surface area contributed by atoms with Gasteiger partial charge < -0.3 is 10.0 Å². The Hall–Kier alpha value is -1.10. The molecule has 0 atom stereocenters. The van der Waals surface area contributed by atoms with Gasteiger partial charge in [0.2, 0.25) is 0 Å². The summed E-state index contributed by atoms with van der Waals surface area (Å²) in [6.07, 6.45) is 0. The molecule has 94 valence electrons. The minimum atomic E-state index is -0.922. The molecule has 17 heavy (non-hydrogen) atoms. The van der Waals surface area contributed by atoms with Gasteiger partial charge in [-0.2, -0.15) is 0 Å². The molecule has 0 spiro atoms. The van der Waals surface area contributed by atoms with Crippen molar-refractivity contribution in [1.29, 1.82) is 0 Å². The minimum Gasteiger partial charge on any atom is -0.481 e. The van der Waals surface area contributed by atoms with E-state index < -0.39 is 11.4 Å². The van der Waals surface area contributed by atoms with Crippen LogP contribution in [0.4, 0.5) is 10.1 Å². The monoisotopic (exact) mass is 303 g/mol. The van der Waals surface area contributed by atoms with Gasteiger partial charge in [-0.1, -0.05) is 15.9 Å². The predicted octanol–water partition coefficient (Wildman–Crippen LogP) is 3.14. The first-order valence-corrected chi connectivity index (χ1v) is 5.93. The molecule has 0 aliphatic heterocycles. The number of hydrogen-bond acceptors (Lipinski definition) is 2. The molecule has 0 aromatic heterocycles. The Morgan fingerprint density at radius 3 is 2.59 bits per heavy atom. The van der Waals surface area contributed by atoms with E-state index >= 15 is 0 Å². The van der Waals surface area contributed by atoms with Crippen molar-refractivity contribution >= 4 is 27.6 Å². The van der Waals surface area contributed by atoms with Crippen molar-refractivity contribution in [3.8, 4) is 0 Å². The standard InChI is InChI=1S/C12H15BrFNO2/c1-12(2,11(16)17)7-15(3)10-5-4-8(13)6-9(10)14/h4-6H,7H2,1-3H3,(H,16,17). The maximum Gasteiger partial charge on any atom is 0.310 e. The van der Waals surface area contributed by atoms with E-state index in [9.17, 15) is 9.18 Å². The van der Waals surface area contributed by atoms with Gasteiger partial charge in [0.05, 0.1) is 11.1 Å². The summed E-state index contributed by atoms with van der Waals surface area (Å²) in [5.41, 5.74) is -0.531. The zero-order valence-electron chi connectivity index (χ0n) is 10.00. The van der Waals surface area contributed by atoms with Gasteiger partial charge in [0.25, 0.3) is 0 Å². The lowest BCUT2D eigenvalue weighted by molar-refractivity contribution is -0.146. The van der Waals surface area contributed by atoms with Crippen molar-refractivity contribution in [2.24, 2.45) is 5.41 Å². The van der Waals surface area contributed by atoms with Crippen LogP contribution in [-0.4, -0.2) is 24.7 Å². The summed E-state index contributed by atoms with van der Waals surface area (Å²) >= 11 is 3.18. The molecular formula is C12H15BrFNO2. The fourth-order valence-electron chi connectivity index (χ4n) is 1.54. The highest BCUT2D eigenvalue weighted by Crippen LogP contribution is 2.25. The topological polar surface area (TPSA) is 40.5 Å². The number of rotatable bonds is 4. The Morgan fingerprint density at radius 1 is 1.53 bits per heavy atom. The first-order valence-electron chi connectivity index (χ1n) is 5.13. The summed E-state index contributed by atoms with van der Waals surface area (Å²) in [5.74, 6) is -1.27. The van der Waals surface area contributed by atoms with Gasteiger partial charge >= 0.3 is 5.97 Å². The van der Waals surface area contributed by atoms with Gasteiger partial charge in [0.15, 0.2) is 0 Å². The van der Waals surface area contributed by atoms with E-state index in [-0.39, 0.29) is 12.4 Å². The second-order valence-electron chi connectivity index (χ2n) is 4.64. The molecule has 3 nitrogen and oxygen atoms in total. The molecule has 0 bridgehead atoms. The Morgan fingerprint density at radius 2 is 2.12 bits per heavy atom. The average molecular weight is 304 g/mol. The van der Waals surface area contributed by atoms with Crippen molar-refractivity contribution in [2.45, 2.75) is 13.8 Å². The third kappa shape index (κ3) is 3.43. The number of nitrogens with zero attached hydrogens (tertiary/aromatic N) is 1. The van der Waals surface area contributed by atoms with Gasteiger partial charge in [-0.25, -0.2) is 4.39 Å². The van der Waals surface area contributed by atoms with Crippen LogP contribution in [-0.2, 0) is 4.79 Å². The molecule has 0 saturated heterocycles. The van der Waals surface area contributed by atoms with Crippen molar-refractivity contribution in [1.82, 2.24) is 0 Å². The number of carboxylic acids is 1. The second-order valence-corrected chi connectivity index (χ2v) is 5.56. The van der Waals surface area contributed by atoms with Crippen LogP contribution in [0.25, 0.3) is 0 Å². The van der Waals surface area contributed by atoms with Crippen molar-refractivity contribution < 1.29 is 14.3 Å². The van der Waals surface area contributed by atoms with E-state index in [2.05, 4.69) is 15.9 Å². The molecule has 0 aliphatic rings. The number of halogens is 2. The Labute approximate surface area is 108 Å². The molecule has 0 amide bonds. The molecule has 0 heterocycles. The van der Waals surface area contributed by atoms with Gasteiger partial charge in [-0.05, 0) is 32.0 Å². The lowest BCUT2D eigenvalue weighted by atomic mass is 9.93. The molecule has 0 radical (unpaired) electrons. The van der Waals surface area contributed by atoms with Crippen LogP contribution in [0.1, 0.15) is 13.8 Å². The van der Waals surface area contributed by atoms with Crippen LogP contribution in [0.5, 0.6) is 0 Å². The first-order chi connectivity index (χ1) is 7.74. The summed E-state index contributed by atoms with van der Waals surface area (Å²) < 4.78 is 14.3. The van der Waals surface area contributed by atoms with Gasteiger partial charge in [-0.3, -0.25) is 4.79 Å². The number of carboxylic acid groups (broad SMARTS) is 1. The van der Waals surface area contributed by atoms with Crippen LogP contribution in [0.3, 0.4) is 0 Å². The van der Waals surface area contributed by atoms with Crippen molar-refractivity contribution in [3.63, 3.8) is 0 Å². The highest BCUT2D eigenvalue weighted by molar-refractivity contribution is 9.10. The molecular weight excluding hydrogens is 289 g/mol. The van der Waals surface area contributed by atoms with E-state index in [4.69, 9.17) is 5.11 Å². The highest BCUT2D eigenvalue weighted by atomic mass is 79.9. The van der Waals surface area contributed by atoms with Crippen LogP contribution in [0.15, 0.2) is 22.7 Å². The lowest BCUT2D eigenvalue weighted by Crippen LogP contribution is -2.37. The van der Waals surface area contributed by atoms with E-state index in [0.717, 1.165) is 0 Å². The van der Waals surface area contributed by atoms with E-state index in [1.165, 1.54) is 6.07 Å². The number of benzene rings is 1.